The van der Waals surface area contributed by atoms with Gasteiger partial charge in [-0.15, -0.1) is 0 Å². The number of anilines is 2. The van der Waals surface area contributed by atoms with Crippen LogP contribution >= 0.6 is 0 Å². The molecule has 4 aromatic rings. The highest BCUT2D eigenvalue weighted by atomic mass is 16.5. The summed E-state index contributed by atoms with van der Waals surface area (Å²) in [5.41, 5.74) is 3.52. The van der Waals surface area contributed by atoms with Crippen LogP contribution in [-0.4, -0.2) is 136 Å². The van der Waals surface area contributed by atoms with Gasteiger partial charge in [-0.2, -0.15) is 5.10 Å². The minimum Gasteiger partial charge on any atom is -0.488 e. The molecular weight excluding hydrogens is 706 g/mol. The van der Waals surface area contributed by atoms with Crippen LogP contribution in [0.1, 0.15) is 59.7 Å². The number of fused-ring (bicyclic) bond motifs is 2. The molecule has 2 atom stereocenters. The average Bonchev–Trinajstić information content (AvgIpc) is 3.68. The predicted octanol–water partition coefficient (Wildman–Crippen LogP) is 2.80. The van der Waals surface area contributed by atoms with Gasteiger partial charge < -0.3 is 34.4 Å². The number of hydrogen-bond donors (Lipinski definition) is 4. The van der Waals surface area contributed by atoms with Crippen molar-refractivity contribution in [1.82, 2.24) is 35.3 Å². The quantitative estimate of drug-likeness (QED) is 0.103. The number of H-pyrrole nitrogens is 1. The van der Waals surface area contributed by atoms with Crippen molar-refractivity contribution in [2.45, 2.75) is 56.9 Å². The van der Waals surface area contributed by atoms with Gasteiger partial charge in [0.25, 0.3) is 11.8 Å². The monoisotopic (exact) mass is 753 g/mol. The van der Waals surface area contributed by atoms with Gasteiger partial charge in [0.2, 0.25) is 5.91 Å². The fourth-order valence-electron chi connectivity index (χ4n) is 7.42. The van der Waals surface area contributed by atoms with E-state index in [1.54, 1.807) is 24.5 Å². The van der Waals surface area contributed by atoms with Crippen molar-refractivity contribution < 1.29 is 33.7 Å². The molecular formula is C39H47N9O7. The van der Waals surface area contributed by atoms with Crippen LogP contribution in [0.2, 0.25) is 0 Å². The first-order valence-corrected chi connectivity index (χ1v) is 19.1. The van der Waals surface area contributed by atoms with Crippen LogP contribution < -0.4 is 20.3 Å². The predicted molar refractivity (Wildman–Crippen MR) is 203 cm³/mol. The summed E-state index contributed by atoms with van der Waals surface area (Å²) in [7, 11) is 0. The van der Waals surface area contributed by atoms with E-state index < -0.39 is 18.2 Å². The number of hydrogen-bond acceptors (Lipinski definition) is 13. The number of aliphatic hydroxyl groups is 1. The Balaban J connectivity index is 0.730. The zero-order valence-corrected chi connectivity index (χ0v) is 31.0. The number of carbonyl (C=O) groups is 3. The lowest BCUT2D eigenvalue weighted by atomic mass is 10.0. The molecule has 0 radical (unpaired) electrons. The van der Waals surface area contributed by atoms with Crippen LogP contribution in [0.15, 0.2) is 48.8 Å². The summed E-state index contributed by atoms with van der Waals surface area (Å²) in [6, 6.07) is 12.5. The highest BCUT2D eigenvalue weighted by Gasteiger charge is 2.44. The Morgan fingerprint density at radius 1 is 1.00 bits per heavy atom. The van der Waals surface area contributed by atoms with E-state index in [4.69, 9.17) is 14.2 Å². The van der Waals surface area contributed by atoms with Gasteiger partial charge in [-0.25, -0.2) is 9.97 Å². The zero-order valence-electron chi connectivity index (χ0n) is 31.0. The molecule has 4 N–H and O–H groups in total. The van der Waals surface area contributed by atoms with Crippen LogP contribution in [0.3, 0.4) is 0 Å². The molecule has 55 heavy (non-hydrogen) atoms. The summed E-state index contributed by atoms with van der Waals surface area (Å²) in [6.07, 6.45) is 4.35. The first kappa shape index (κ1) is 36.8. The maximum Gasteiger partial charge on any atom is 0.264 e. The van der Waals surface area contributed by atoms with Crippen LogP contribution in [-0.2, 0) is 14.3 Å². The van der Waals surface area contributed by atoms with Crippen molar-refractivity contribution in [1.29, 1.82) is 0 Å². The molecule has 3 amide bonds. The van der Waals surface area contributed by atoms with Crippen molar-refractivity contribution >= 4 is 40.1 Å². The van der Waals surface area contributed by atoms with Gasteiger partial charge in [0, 0.05) is 49.9 Å². The van der Waals surface area contributed by atoms with Gasteiger partial charge in [0.15, 0.2) is 0 Å². The number of rotatable bonds is 15. The lowest BCUT2D eigenvalue weighted by Gasteiger charge is -2.35. The van der Waals surface area contributed by atoms with Gasteiger partial charge in [-0.3, -0.25) is 29.7 Å². The molecule has 16 nitrogen and oxygen atoms in total. The number of imide groups is 1. The second-order valence-corrected chi connectivity index (χ2v) is 14.7. The lowest BCUT2D eigenvalue weighted by Crippen LogP contribution is -2.55. The van der Waals surface area contributed by atoms with E-state index in [9.17, 15) is 19.5 Å². The van der Waals surface area contributed by atoms with Gasteiger partial charge in [-0.1, -0.05) is 6.07 Å². The fraction of sp³-hybridized carbons (Fsp3) is 0.487. The molecule has 4 aliphatic rings. The third-order valence-corrected chi connectivity index (χ3v) is 10.8. The number of ether oxygens (including phenoxy) is 3. The summed E-state index contributed by atoms with van der Waals surface area (Å²) in [5.74, 6) is 0.879. The number of benzene rings is 2. The smallest absolute Gasteiger partial charge is 0.264 e. The van der Waals surface area contributed by atoms with Crippen molar-refractivity contribution in [3.8, 4) is 17.1 Å². The normalized spacial score (nSPS) is 20.6. The molecule has 2 aromatic carbocycles. The Hall–Kier alpha value is -5.16. The van der Waals surface area contributed by atoms with E-state index in [1.807, 2.05) is 29.2 Å². The third-order valence-electron chi connectivity index (χ3n) is 10.8. The average molecular weight is 754 g/mol. The molecule has 1 aliphatic carbocycles. The zero-order chi connectivity index (χ0) is 37.9. The molecule has 3 aliphatic heterocycles. The molecule has 2 unspecified atom stereocenters. The van der Waals surface area contributed by atoms with E-state index in [2.05, 4.69) is 42.6 Å². The SMILES string of the molecule is CC1(Oc2ccc3[nH]nc(-c4cc(N5CCN(C(=O)CCOCCOCCNc6cccc7c6C(=O)N(C6CCCNC6O)C7=O)CC5)ncn4)c3c2)CC1. The Bertz CT molecular complexity index is 2040. The van der Waals surface area contributed by atoms with E-state index in [0.717, 1.165) is 53.1 Å². The maximum absolute atomic E-state index is 13.3. The first-order chi connectivity index (χ1) is 26.8. The molecule has 0 bridgehead atoms. The number of piperidine rings is 1. The van der Waals surface area contributed by atoms with Crippen molar-refractivity contribution in [3.63, 3.8) is 0 Å². The molecule has 8 rings (SSSR count). The van der Waals surface area contributed by atoms with Gasteiger partial charge in [-0.05, 0) is 69.5 Å². The number of nitrogens with zero attached hydrogens (tertiary/aromatic N) is 6. The topological polar surface area (TPSA) is 187 Å². The molecule has 5 heterocycles. The third kappa shape index (κ3) is 7.99. The summed E-state index contributed by atoms with van der Waals surface area (Å²) in [4.78, 5) is 53.5. The molecule has 0 spiro atoms. The van der Waals surface area contributed by atoms with Crippen LogP contribution in [0.5, 0.6) is 5.75 Å². The molecule has 290 valence electrons. The molecule has 2 aromatic heterocycles. The van der Waals surface area contributed by atoms with Gasteiger partial charge in [0.05, 0.1) is 61.2 Å². The molecule has 3 fully saturated rings. The number of aliphatic hydroxyl groups excluding tert-OH is 1. The summed E-state index contributed by atoms with van der Waals surface area (Å²) in [5, 5.41) is 25.1. The first-order valence-electron chi connectivity index (χ1n) is 19.1. The van der Waals surface area contributed by atoms with Crippen LogP contribution in [0.4, 0.5) is 11.5 Å². The van der Waals surface area contributed by atoms with E-state index in [0.29, 0.717) is 88.9 Å². The van der Waals surface area contributed by atoms with Crippen molar-refractivity contribution in [2.24, 2.45) is 0 Å². The van der Waals surface area contributed by atoms with Crippen molar-refractivity contribution in [3.05, 3.63) is 59.9 Å². The van der Waals surface area contributed by atoms with E-state index >= 15 is 0 Å². The second kappa shape index (κ2) is 15.9. The Labute approximate surface area is 318 Å². The standard InChI is InChI=1S/C39H47N9O7/c1-39(10-11-39)55-25-7-8-28-27(22-25)35(45-44-28)30-23-32(43-24-42-30)46-14-16-47(17-15-46)33(49)9-18-53-20-21-54-19-13-40-29-5-2-4-26-34(29)38(52)48(37(26)51)31-6-3-12-41-36(31)50/h2,4-5,7-8,22-24,31,36,40-41,50H,3,6,9-21H2,1H3,(H,44,45). The van der Waals surface area contributed by atoms with Crippen LogP contribution in [0.25, 0.3) is 22.3 Å². The summed E-state index contributed by atoms with van der Waals surface area (Å²) in [6.45, 7) is 7.01. The minimum absolute atomic E-state index is 0.0467. The number of piperazine rings is 1. The largest absolute Gasteiger partial charge is 0.488 e. The minimum atomic E-state index is -0.940. The fourth-order valence-corrected chi connectivity index (χ4v) is 7.42. The lowest BCUT2D eigenvalue weighted by molar-refractivity contribution is -0.132. The number of nitrogens with one attached hydrogen (secondary N) is 3. The van der Waals surface area contributed by atoms with E-state index in [-0.39, 0.29) is 23.8 Å². The van der Waals surface area contributed by atoms with Gasteiger partial charge >= 0.3 is 0 Å². The Morgan fingerprint density at radius 3 is 2.62 bits per heavy atom. The van der Waals surface area contributed by atoms with Crippen LogP contribution in [0, 0.1) is 0 Å². The molecule has 1 saturated carbocycles. The second-order valence-electron chi connectivity index (χ2n) is 14.7. The highest BCUT2D eigenvalue weighted by Crippen LogP contribution is 2.41. The molecule has 2 saturated heterocycles. The molecule has 16 heteroatoms. The Morgan fingerprint density at radius 2 is 1.82 bits per heavy atom. The van der Waals surface area contributed by atoms with E-state index in [1.165, 1.54) is 4.90 Å². The number of aromatic amines is 1. The highest BCUT2D eigenvalue weighted by molar-refractivity contribution is 6.24. The summed E-state index contributed by atoms with van der Waals surface area (Å²) < 4.78 is 17.5. The van der Waals surface area contributed by atoms with Crippen molar-refractivity contribution in [2.75, 3.05) is 75.9 Å². The maximum atomic E-state index is 13.3. The van der Waals surface area contributed by atoms with Gasteiger partial charge in [0.1, 0.15) is 35.4 Å². The number of aromatic nitrogens is 4. The number of carbonyl (C=O) groups excluding carboxylic acids is 3. The Kier molecular flexibility index (Phi) is 10.6. The summed E-state index contributed by atoms with van der Waals surface area (Å²) >= 11 is 0. The number of amides is 3.